The van der Waals surface area contributed by atoms with Crippen LogP contribution in [0.25, 0.3) is 0 Å². The molecular formula is C12H23NS. The van der Waals surface area contributed by atoms with E-state index in [1.54, 1.807) is 0 Å². The molecule has 1 atom stereocenters. The normalized spacial score (nSPS) is 21.6. The van der Waals surface area contributed by atoms with Crippen molar-refractivity contribution in [1.82, 2.24) is 5.32 Å². The van der Waals surface area contributed by atoms with Gasteiger partial charge in [-0.15, -0.1) is 11.8 Å². The number of nitrogens with one attached hydrogen (secondary N) is 1. The second-order valence-corrected chi connectivity index (χ2v) is 5.07. The summed E-state index contributed by atoms with van der Waals surface area (Å²) in [4.78, 5) is 0. The number of hydrogen-bond donors (Lipinski definition) is 1. The summed E-state index contributed by atoms with van der Waals surface area (Å²) in [5, 5.41) is 5.75. The Kier molecular flexibility index (Phi) is 6.37. The molecule has 0 aromatic rings. The largest absolute Gasteiger partial charge is 0.305 e. The molecule has 0 amide bonds. The molecule has 2 heteroatoms. The van der Waals surface area contributed by atoms with Crippen molar-refractivity contribution in [3.05, 3.63) is 11.5 Å². The van der Waals surface area contributed by atoms with Crippen LogP contribution in [0, 0.1) is 5.92 Å². The maximum absolute atomic E-state index is 3.60. The van der Waals surface area contributed by atoms with E-state index in [1.807, 2.05) is 11.8 Å². The lowest BCUT2D eigenvalue weighted by Gasteiger charge is -2.28. The van der Waals surface area contributed by atoms with Crippen molar-refractivity contribution in [2.45, 2.75) is 52.0 Å². The lowest BCUT2D eigenvalue weighted by molar-refractivity contribution is 0.290. The topological polar surface area (TPSA) is 12.0 Å². The molecule has 1 saturated carbocycles. The van der Waals surface area contributed by atoms with E-state index in [4.69, 9.17) is 0 Å². The van der Waals surface area contributed by atoms with Gasteiger partial charge in [0.15, 0.2) is 0 Å². The zero-order valence-electron chi connectivity index (χ0n) is 9.46. The van der Waals surface area contributed by atoms with Crippen LogP contribution >= 0.6 is 11.8 Å². The van der Waals surface area contributed by atoms with Gasteiger partial charge in [0.2, 0.25) is 0 Å². The Hall–Kier alpha value is 0.0500. The summed E-state index contributed by atoms with van der Waals surface area (Å²) in [6.07, 6.45) is 9.30. The predicted molar refractivity (Wildman–Crippen MR) is 66.4 cm³/mol. The Labute approximate surface area is 92.7 Å². The summed E-state index contributed by atoms with van der Waals surface area (Å²) in [6.45, 7) is 4.41. The Balaban J connectivity index is 2.10. The van der Waals surface area contributed by atoms with E-state index in [-0.39, 0.29) is 0 Å². The van der Waals surface area contributed by atoms with Gasteiger partial charge in [0.05, 0.1) is 0 Å². The molecule has 1 unspecified atom stereocenters. The minimum atomic E-state index is 0.702. The Bertz CT molecular complexity index is 162. The van der Waals surface area contributed by atoms with E-state index in [0.717, 1.165) is 11.8 Å². The van der Waals surface area contributed by atoms with Crippen molar-refractivity contribution in [3.8, 4) is 0 Å². The minimum Gasteiger partial charge on any atom is -0.305 e. The zero-order valence-corrected chi connectivity index (χ0v) is 10.3. The van der Waals surface area contributed by atoms with E-state index in [0.29, 0.717) is 6.04 Å². The standard InChI is InChI=1S/C12H23NS/c1-3-9-14-10-13-11(2)12-7-5-4-6-8-12/h3,9,11-13H,4-8,10H2,1-2H3/b9-3-. The molecule has 0 heterocycles. The van der Waals surface area contributed by atoms with Crippen LogP contribution in [0.2, 0.25) is 0 Å². The fourth-order valence-corrected chi connectivity index (χ4v) is 2.77. The van der Waals surface area contributed by atoms with Crippen molar-refractivity contribution < 1.29 is 0 Å². The Morgan fingerprint density at radius 2 is 2.07 bits per heavy atom. The highest BCUT2D eigenvalue weighted by Gasteiger charge is 2.18. The van der Waals surface area contributed by atoms with Gasteiger partial charge in [0, 0.05) is 11.9 Å². The summed E-state index contributed by atoms with van der Waals surface area (Å²) >= 11 is 1.85. The van der Waals surface area contributed by atoms with Gasteiger partial charge in [0.25, 0.3) is 0 Å². The first-order valence-corrected chi connectivity index (χ1v) is 6.85. The maximum Gasteiger partial charge on any atom is 0.0461 e. The van der Waals surface area contributed by atoms with Crippen LogP contribution in [0.3, 0.4) is 0 Å². The van der Waals surface area contributed by atoms with Crippen LogP contribution in [0.1, 0.15) is 46.0 Å². The van der Waals surface area contributed by atoms with Crippen LogP contribution in [0.4, 0.5) is 0 Å². The van der Waals surface area contributed by atoms with E-state index in [1.165, 1.54) is 32.1 Å². The quantitative estimate of drug-likeness (QED) is 0.551. The highest BCUT2D eigenvalue weighted by Crippen LogP contribution is 2.26. The Morgan fingerprint density at radius 1 is 1.36 bits per heavy atom. The lowest BCUT2D eigenvalue weighted by Crippen LogP contribution is -2.34. The van der Waals surface area contributed by atoms with E-state index < -0.39 is 0 Å². The first-order valence-electron chi connectivity index (χ1n) is 5.80. The number of allylic oxidation sites excluding steroid dienone is 1. The second-order valence-electron chi connectivity index (χ2n) is 4.17. The smallest absolute Gasteiger partial charge is 0.0461 e. The molecule has 0 spiro atoms. The molecule has 0 aliphatic heterocycles. The molecular weight excluding hydrogens is 190 g/mol. The van der Waals surface area contributed by atoms with Gasteiger partial charge in [-0.3, -0.25) is 0 Å². The molecule has 0 aromatic heterocycles. The van der Waals surface area contributed by atoms with Crippen LogP contribution in [-0.4, -0.2) is 11.9 Å². The van der Waals surface area contributed by atoms with Crippen molar-refractivity contribution >= 4 is 11.8 Å². The molecule has 0 aromatic carbocycles. The van der Waals surface area contributed by atoms with Gasteiger partial charge in [-0.05, 0) is 38.0 Å². The molecule has 14 heavy (non-hydrogen) atoms. The van der Waals surface area contributed by atoms with Gasteiger partial charge in [-0.2, -0.15) is 0 Å². The van der Waals surface area contributed by atoms with Gasteiger partial charge < -0.3 is 5.32 Å². The van der Waals surface area contributed by atoms with Crippen LogP contribution in [-0.2, 0) is 0 Å². The molecule has 1 aliphatic carbocycles. The van der Waals surface area contributed by atoms with E-state index >= 15 is 0 Å². The maximum atomic E-state index is 3.60. The van der Waals surface area contributed by atoms with Crippen molar-refractivity contribution in [2.24, 2.45) is 5.92 Å². The summed E-state index contributed by atoms with van der Waals surface area (Å²) in [5.74, 6) is 1.98. The summed E-state index contributed by atoms with van der Waals surface area (Å²) in [5.41, 5.74) is 0. The molecule has 0 bridgehead atoms. The van der Waals surface area contributed by atoms with Crippen LogP contribution in [0.15, 0.2) is 11.5 Å². The monoisotopic (exact) mass is 213 g/mol. The van der Waals surface area contributed by atoms with Gasteiger partial charge >= 0.3 is 0 Å². The van der Waals surface area contributed by atoms with Crippen molar-refractivity contribution in [3.63, 3.8) is 0 Å². The first-order chi connectivity index (χ1) is 6.84. The van der Waals surface area contributed by atoms with Crippen molar-refractivity contribution in [1.29, 1.82) is 0 Å². The van der Waals surface area contributed by atoms with Gasteiger partial charge in [-0.1, -0.05) is 25.3 Å². The second kappa shape index (κ2) is 7.36. The highest BCUT2D eigenvalue weighted by atomic mass is 32.2. The number of thioether (sulfide) groups is 1. The number of hydrogen-bond acceptors (Lipinski definition) is 2. The van der Waals surface area contributed by atoms with Gasteiger partial charge in [0.1, 0.15) is 0 Å². The molecule has 0 saturated heterocycles. The molecule has 1 N–H and O–H groups in total. The lowest BCUT2D eigenvalue weighted by atomic mass is 9.85. The first kappa shape index (κ1) is 12.1. The van der Waals surface area contributed by atoms with Crippen molar-refractivity contribution in [2.75, 3.05) is 5.88 Å². The average Bonchev–Trinajstić information content (AvgIpc) is 2.25. The van der Waals surface area contributed by atoms with Crippen LogP contribution < -0.4 is 5.32 Å². The fraction of sp³-hybridized carbons (Fsp3) is 0.833. The summed E-state index contributed by atoms with van der Waals surface area (Å²) < 4.78 is 0. The molecule has 1 fully saturated rings. The molecule has 1 nitrogen and oxygen atoms in total. The predicted octanol–water partition coefficient (Wildman–Crippen LogP) is 3.77. The number of rotatable bonds is 5. The fourth-order valence-electron chi connectivity index (χ4n) is 2.12. The van der Waals surface area contributed by atoms with Gasteiger partial charge in [-0.25, -0.2) is 0 Å². The Morgan fingerprint density at radius 3 is 2.71 bits per heavy atom. The van der Waals surface area contributed by atoms with Crippen LogP contribution in [0.5, 0.6) is 0 Å². The summed E-state index contributed by atoms with van der Waals surface area (Å²) in [6, 6.07) is 0.702. The van der Waals surface area contributed by atoms with E-state index in [9.17, 15) is 0 Å². The van der Waals surface area contributed by atoms with E-state index in [2.05, 4.69) is 30.6 Å². The zero-order chi connectivity index (χ0) is 10.2. The third kappa shape index (κ3) is 4.52. The molecule has 0 radical (unpaired) electrons. The third-order valence-electron chi connectivity index (χ3n) is 3.08. The third-order valence-corrected chi connectivity index (χ3v) is 3.88. The molecule has 1 rings (SSSR count). The minimum absolute atomic E-state index is 0.702. The SMILES string of the molecule is C/C=C\SCNC(C)C1CCCCC1. The average molecular weight is 213 g/mol. The summed E-state index contributed by atoms with van der Waals surface area (Å²) in [7, 11) is 0. The highest BCUT2D eigenvalue weighted by molar-refractivity contribution is 8.02. The molecule has 1 aliphatic rings. The molecule has 82 valence electrons.